The summed E-state index contributed by atoms with van der Waals surface area (Å²) in [6, 6.07) is 0. The number of aliphatic hydroxyl groups is 1. The molecule has 1 unspecified atom stereocenters. The first kappa shape index (κ1) is 17.3. The van der Waals surface area contributed by atoms with Crippen molar-refractivity contribution in [2.24, 2.45) is 23.7 Å². The molecule has 1 N–H and O–H groups in total. The van der Waals surface area contributed by atoms with Crippen LogP contribution < -0.4 is 0 Å². The maximum atomic E-state index is 10.5. The standard InChI is InChI=1S/C19H36O2/c1-14(2)16-7-4-15(5-8-16)6-13-19(20)17-9-11-18(21-3)12-10-17/h14-20H,4-13H2,1-3H3. The molecule has 0 aromatic carbocycles. The summed E-state index contributed by atoms with van der Waals surface area (Å²) in [6.07, 6.45) is 12.8. The summed E-state index contributed by atoms with van der Waals surface area (Å²) in [5.74, 6) is 3.22. The van der Waals surface area contributed by atoms with E-state index in [9.17, 15) is 5.11 Å². The van der Waals surface area contributed by atoms with Gasteiger partial charge in [-0.1, -0.05) is 26.7 Å². The van der Waals surface area contributed by atoms with Gasteiger partial charge in [0.2, 0.25) is 0 Å². The maximum Gasteiger partial charge on any atom is 0.0571 e. The monoisotopic (exact) mass is 296 g/mol. The Labute approximate surface area is 131 Å². The van der Waals surface area contributed by atoms with Crippen LogP contribution >= 0.6 is 0 Å². The van der Waals surface area contributed by atoms with Crippen LogP contribution in [-0.2, 0) is 4.74 Å². The van der Waals surface area contributed by atoms with E-state index >= 15 is 0 Å². The Bertz CT molecular complexity index is 273. The van der Waals surface area contributed by atoms with E-state index < -0.39 is 0 Å². The lowest BCUT2D eigenvalue weighted by atomic mass is 9.74. The Balaban J connectivity index is 1.62. The van der Waals surface area contributed by atoms with Crippen LogP contribution in [0.25, 0.3) is 0 Å². The Kier molecular flexibility index (Phi) is 7.01. The molecule has 0 bridgehead atoms. The predicted molar refractivity (Wildman–Crippen MR) is 88.3 cm³/mol. The second-order valence-corrected chi connectivity index (χ2v) is 7.94. The highest BCUT2D eigenvalue weighted by molar-refractivity contribution is 4.80. The second kappa shape index (κ2) is 8.53. The lowest BCUT2D eigenvalue weighted by Gasteiger charge is -2.33. The topological polar surface area (TPSA) is 29.5 Å². The van der Waals surface area contributed by atoms with Crippen molar-refractivity contribution < 1.29 is 9.84 Å². The summed E-state index contributed by atoms with van der Waals surface area (Å²) in [5, 5.41) is 10.5. The van der Waals surface area contributed by atoms with Gasteiger partial charge in [0, 0.05) is 7.11 Å². The third-order valence-corrected chi connectivity index (χ3v) is 6.30. The minimum atomic E-state index is -0.0642. The highest BCUT2D eigenvalue weighted by atomic mass is 16.5. The van der Waals surface area contributed by atoms with E-state index in [1.807, 2.05) is 7.11 Å². The minimum absolute atomic E-state index is 0.0642. The number of hydrogen-bond acceptors (Lipinski definition) is 2. The molecule has 21 heavy (non-hydrogen) atoms. The Morgan fingerprint density at radius 3 is 2.00 bits per heavy atom. The van der Waals surface area contributed by atoms with Gasteiger partial charge in [-0.15, -0.1) is 0 Å². The van der Waals surface area contributed by atoms with Crippen molar-refractivity contribution in [2.75, 3.05) is 7.11 Å². The molecule has 2 aliphatic rings. The van der Waals surface area contributed by atoms with Crippen LogP contribution in [0, 0.1) is 23.7 Å². The molecule has 0 aromatic rings. The first-order valence-electron chi connectivity index (χ1n) is 9.31. The van der Waals surface area contributed by atoms with E-state index in [2.05, 4.69) is 13.8 Å². The van der Waals surface area contributed by atoms with E-state index in [0.717, 1.165) is 49.9 Å². The molecule has 0 aliphatic heterocycles. The molecule has 124 valence electrons. The average molecular weight is 296 g/mol. The van der Waals surface area contributed by atoms with Gasteiger partial charge in [0.25, 0.3) is 0 Å². The van der Waals surface area contributed by atoms with Crippen LogP contribution in [0.2, 0.25) is 0 Å². The molecule has 0 radical (unpaired) electrons. The Morgan fingerprint density at radius 2 is 1.48 bits per heavy atom. The number of methoxy groups -OCH3 is 1. The Hall–Kier alpha value is -0.0800. The first-order valence-corrected chi connectivity index (χ1v) is 9.31. The average Bonchev–Trinajstić information content (AvgIpc) is 2.53. The SMILES string of the molecule is COC1CCC(C(O)CCC2CCC(C(C)C)CC2)CC1. The van der Waals surface area contributed by atoms with Crippen LogP contribution in [-0.4, -0.2) is 24.4 Å². The molecule has 0 aromatic heterocycles. The van der Waals surface area contributed by atoms with Gasteiger partial charge in [-0.05, 0) is 75.0 Å². The number of ether oxygens (including phenoxy) is 1. The second-order valence-electron chi connectivity index (χ2n) is 7.94. The smallest absolute Gasteiger partial charge is 0.0571 e. The molecule has 0 saturated heterocycles. The summed E-state index contributed by atoms with van der Waals surface area (Å²) in [6.45, 7) is 4.73. The molecular weight excluding hydrogens is 260 g/mol. The molecule has 0 spiro atoms. The van der Waals surface area contributed by atoms with E-state index in [0.29, 0.717) is 12.0 Å². The normalized spacial score (nSPS) is 35.9. The fourth-order valence-corrected chi connectivity index (χ4v) is 4.49. The van der Waals surface area contributed by atoms with Crippen molar-refractivity contribution in [3.8, 4) is 0 Å². The van der Waals surface area contributed by atoms with Crippen molar-refractivity contribution in [1.82, 2.24) is 0 Å². The van der Waals surface area contributed by atoms with Crippen LogP contribution in [0.1, 0.15) is 78.1 Å². The van der Waals surface area contributed by atoms with Crippen LogP contribution in [0.15, 0.2) is 0 Å². The zero-order valence-electron chi connectivity index (χ0n) is 14.4. The van der Waals surface area contributed by atoms with E-state index in [1.54, 1.807) is 0 Å². The lowest BCUT2D eigenvalue weighted by molar-refractivity contribution is 0.0135. The molecule has 1 atom stereocenters. The first-order chi connectivity index (χ1) is 10.1. The molecule has 2 nitrogen and oxygen atoms in total. The van der Waals surface area contributed by atoms with Gasteiger partial charge >= 0.3 is 0 Å². The van der Waals surface area contributed by atoms with Crippen molar-refractivity contribution in [3.63, 3.8) is 0 Å². The summed E-state index contributed by atoms with van der Waals surface area (Å²) < 4.78 is 5.42. The van der Waals surface area contributed by atoms with Crippen molar-refractivity contribution >= 4 is 0 Å². The van der Waals surface area contributed by atoms with Crippen LogP contribution in [0.3, 0.4) is 0 Å². The largest absolute Gasteiger partial charge is 0.393 e. The van der Waals surface area contributed by atoms with Crippen molar-refractivity contribution in [3.05, 3.63) is 0 Å². The molecule has 2 heteroatoms. The summed E-state index contributed by atoms with van der Waals surface area (Å²) in [5.41, 5.74) is 0. The molecule has 2 aliphatic carbocycles. The summed E-state index contributed by atoms with van der Waals surface area (Å²) >= 11 is 0. The molecular formula is C19H36O2. The minimum Gasteiger partial charge on any atom is -0.393 e. The van der Waals surface area contributed by atoms with Crippen LogP contribution in [0.4, 0.5) is 0 Å². The van der Waals surface area contributed by atoms with E-state index in [4.69, 9.17) is 4.74 Å². The molecule has 2 fully saturated rings. The highest BCUT2D eigenvalue weighted by Gasteiger charge is 2.28. The van der Waals surface area contributed by atoms with Gasteiger partial charge in [-0.25, -0.2) is 0 Å². The molecule has 0 heterocycles. The van der Waals surface area contributed by atoms with Gasteiger partial charge in [-0.2, -0.15) is 0 Å². The van der Waals surface area contributed by atoms with Crippen molar-refractivity contribution in [1.29, 1.82) is 0 Å². The number of rotatable bonds is 6. The lowest BCUT2D eigenvalue weighted by Crippen LogP contribution is -2.29. The number of hydrogen-bond donors (Lipinski definition) is 1. The zero-order valence-corrected chi connectivity index (χ0v) is 14.4. The fraction of sp³-hybridized carbons (Fsp3) is 1.00. The summed E-state index contributed by atoms with van der Waals surface area (Å²) in [4.78, 5) is 0. The zero-order chi connectivity index (χ0) is 15.2. The van der Waals surface area contributed by atoms with E-state index in [1.165, 1.54) is 32.1 Å². The molecule has 2 rings (SSSR count). The fourth-order valence-electron chi connectivity index (χ4n) is 4.49. The third kappa shape index (κ3) is 5.25. The van der Waals surface area contributed by atoms with Gasteiger partial charge in [-0.3, -0.25) is 0 Å². The quantitative estimate of drug-likeness (QED) is 0.763. The third-order valence-electron chi connectivity index (χ3n) is 6.30. The maximum absolute atomic E-state index is 10.5. The van der Waals surface area contributed by atoms with Crippen molar-refractivity contribution in [2.45, 2.75) is 90.3 Å². The van der Waals surface area contributed by atoms with Crippen LogP contribution in [0.5, 0.6) is 0 Å². The van der Waals surface area contributed by atoms with Gasteiger partial charge in [0.05, 0.1) is 12.2 Å². The Morgan fingerprint density at radius 1 is 0.905 bits per heavy atom. The molecule has 0 amide bonds. The summed E-state index contributed by atoms with van der Waals surface area (Å²) in [7, 11) is 1.81. The molecule has 2 saturated carbocycles. The highest BCUT2D eigenvalue weighted by Crippen LogP contribution is 2.36. The van der Waals surface area contributed by atoms with Gasteiger partial charge in [0.1, 0.15) is 0 Å². The van der Waals surface area contributed by atoms with Gasteiger partial charge in [0.15, 0.2) is 0 Å². The number of aliphatic hydroxyl groups excluding tert-OH is 1. The predicted octanol–water partition coefficient (Wildman–Crippen LogP) is 4.80. The van der Waals surface area contributed by atoms with E-state index in [-0.39, 0.29) is 6.10 Å². The van der Waals surface area contributed by atoms with Gasteiger partial charge < -0.3 is 9.84 Å².